The first-order chi connectivity index (χ1) is 9.04. The van der Waals surface area contributed by atoms with Crippen LogP contribution in [0.15, 0.2) is 22.7 Å². The minimum Gasteiger partial charge on any atom is -0.497 e. The van der Waals surface area contributed by atoms with Gasteiger partial charge in [-0.3, -0.25) is 4.79 Å². The van der Waals surface area contributed by atoms with Gasteiger partial charge >= 0.3 is 0 Å². The van der Waals surface area contributed by atoms with E-state index in [1.54, 1.807) is 26.3 Å². The third kappa shape index (κ3) is 3.92. The van der Waals surface area contributed by atoms with Crippen molar-refractivity contribution in [1.29, 1.82) is 0 Å². The van der Waals surface area contributed by atoms with Crippen LogP contribution >= 0.6 is 15.9 Å². The van der Waals surface area contributed by atoms with Crippen molar-refractivity contribution in [2.75, 3.05) is 34.5 Å². The van der Waals surface area contributed by atoms with E-state index in [9.17, 15) is 9.90 Å². The number of hydrogen-bond donors (Lipinski definition) is 1. The average Bonchev–Trinajstić information content (AvgIpc) is 2.41. The molecule has 1 atom stereocenters. The van der Waals surface area contributed by atoms with Crippen LogP contribution in [0.3, 0.4) is 0 Å². The van der Waals surface area contributed by atoms with Gasteiger partial charge in [0.15, 0.2) is 0 Å². The standard InChI is InChI=1S/C13H18BrNO4/c1-15(13(17)8-18-2)12(7-16)10-6-9(19-3)4-5-11(10)14/h4-6,12,16H,7-8H2,1-3H3/t12-/m0/s1. The van der Waals surface area contributed by atoms with Gasteiger partial charge in [-0.1, -0.05) is 15.9 Å². The maximum absolute atomic E-state index is 11.8. The lowest BCUT2D eigenvalue weighted by atomic mass is 10.1. The molecule has 1 aromatic carbocycles. The Balaban J connectivity index is 3.05. The van der Waals surface area contributed by atoms with Crippen LogP contribution in [0.4, 0.5) is 0 Å². The number of nitrogens with zero attached hydrogens (tertiary/aromatic N) is 1. The maximum Gasteiger partial charge on any atom is 0.248 e. The lowest BCUT2D eigenvalue weighted by Crippen LogP contribution is -2.35. The predicted molar refractivity (Wildman–Crippen MR) is 75.2 cm³/mol. The second-order valence-corrected chi connectivity index (χ2v) is 4.88. The van der Waals surface area contributed by atoms with Crippen LogP contribution in [0.1, 0.15) is 11.6 Å². The molecule has 5 nitrogen and oxygen atoms in total. The van der Waals surface area contributed by atoms with Crippen molar-refractivity contribution < 1.29 is 19.4 Å². The van der Waals surface area contributed by atoms with Crippen molar-refractivity contribution in [3.05, 3.63) is 28.2 Å². The fourth-order valence-electron chi connectivity index (χ4n) is 1.73. The smallest absolute Gasteiger partial charge is 0.248 e. The van der Waals surface area contributed by atoms with Gasteiger partial charge in [0, 0.05) is 18.6 Å². The highest BCUT2D eigenvalue weighted by molar-refractivity contribution is 9.10. The molecule has 0 saturated heterocycles. The highest BCUT2D eigenvalue weighted by Gasteiger charge is 2.23. The Morgan fingerprint density at radius 3 is 2.68 bits per heavy atom. The summed E-state index contributed by atoms with van der Waals surface area (Å²) in [6.07, 6.45) is 0. The molecule has 0 saturated carbocycles. The first kappa shape index (κ1) is 15.9. The number of ether oxygens (including phenoxy) is 2. The Morgan fingerprint density at radius 2 is 2.16 bits per heavy atom. The van der Waals surface area contributed by atoms with E-state index in [0.29, 0.717) is 5.75 Å². The van der Waals surface area contributed by atoms with Crippen molar-refractivity contribution in [2.24, 2.45) is 0 Å². The van der Waals surface area contributed by atoms with Crippen LogP contribution < -0.4 is 4.74 Å². The van der Waals surface area contributed by atoms with E-state index < -0.39 is 6.04 Å². The number of carbonyl (C=O) groups excluding carboxylic acids is 1. The predicted octanol–water partition coefficient (Wildman–Crippen LogP) is 1.60. The summed E-state index contributed by atoms with van der Waals surface area (Å²) in [6, 6.07) is 4.97. The Labute approximate surface area is 121 Å². The molecule has 0 heterocycles. The van der Waals surface area contributed by atoms with Gasteiger partial charge in [-0.2, -0.15) is 0 Å². The Bertz CT molecular complexity index is 439. The molecule has 0 bridgehead atoms. The van der Waals surface area contributed by atoms with Gasteiger partial charge in [0.1, 0.15) is 12.4 Å². The third-order valence-corrected chi connectivity index (χ3v) is 3.59. The summed E-state index contributed by atoms with van der Waals surface area (Å²) >= 11 is 3.42. The zero-order valence-electron chi connectivity index (χ0n) is 11.2. The van der Waals surface area contributed by atoms with Crippen molar-refractivity contribution >= 4 is 21.8 Å². The number of amides is 1. The van der Waals surface area contributed by atoms with Gasteiger partial charge in [0.2, 0.25) is 5.91 Å². The maximum atomic E-state index is 11.8. The number of benzene rings is 1. The molecule has 0 fully saturated rings. The fraction of sp³-hybridized carbons (Fsp3) is 0.462. The second-order valence-electron chi connectivity index (χ2n) is 4.02. The summed E-state index contributed by atoms with van der Waals surface area (Å²) in [5.74, 6) is 0.473. The summed E-state index contributed by atoms with van der Waals surface area (Å²) in [5.41, 5.74) is 0.786. The molecule has 0 unspecified atom stereocenters. The topological polar surface area (TPSA) is 59.0 Å². The van der Waals surface area contributed by atoms with E-state index in [0.717, 1.165) is 10.0 Å². The normalized spacial score (nSPS) is 12.1. The molecule has 0 radical (unpaired) electrons. The molecular weight excluding hydrogens is 314 g/mol. The molecular formula is C13H18BrNO4. The van der Waals surface area contributed by atoms with Gasteiger partial charge in [-0.15, -0.1) is 0 Å². The first-order valence-electron chi connectivity index (χ1n) is 5.74. The molecule has 0 spiro atoms. The van der Waals surface area contributed by atoms with Gasteiger partial charge in [-0.25, -0.2) is 0 Å². The minimum atomic E-state index is -0.452. The lowest BCUT2D eigenvalue weighted by Gasteiger charge is -2.28. The molecule has 19 heavy (non-hydrogen) atoms. The number of carbonyl (C=O) groups is 1. The molecule has 0 aliphatic rings. The summed E-state index contributed by atoms with van der Waals surface area (Å²) < 4.78 is 10.8. The molecule has 0 aliphatic heterocycles. The van der Waals surface area contributed by atoms with Crippen LogP contribution in [0, 0.1) is 0 Å². The highest BCUT2D eigenvalue weighted by Crippen LogP contribution is 2.30. The number of likely N-dealkylation sites (N-methyl/N-ethyl adjacent to an activating group) is 1. The Kier molecular flexibility index (Phi) is 6.27. The number of hydrogen-bond acceptors (Lipinski definition) is 4. The van der Waals surface area contributed by atoms with Crippen LogP contribution in [-0.4, -0.2) is 50.4 Å². The Morgan fingerprint density at radius 1 is 1.47 bits per heavy atom. The van der Waals surface area contributed by atoms with Gasteiger partial charge in [-0.05, 0) is 23.8 Å². The molecule has 106 valence electrons. The van der Waals surface area contributed by atoms with Crippen molar-refractivity contribution in [3.63, 3.8) is 0 Å². The van der Waals surface area contributed by atoms with E-state index >= 15 is 0 Å². The molecule has 0 aliphatic carbocycles. The number of halogens is 1. The van der Waals surface area contributed by atoms with Crippen LogP contribution in [0.5, 0.6) is 5.75 Å². The van der Waals surface area contributed by atoms with Gasteiger partial charge < -0.3 is 19.5 Å². The number of rotatable bonds is 6. The van der Waals surface area contributed by atoms with Crippen molar-refractivity contribution in [2.45, 2.75) is 6.04 Å². The minimum absolute atomic E-state index is 0.0193. The quantitative estimate of drug-likeness (QED) is 0.860. The van der Waals surface area contributed by atoms with Gasteiger partial charge in [0.05, 0.1) is 19.8 Å². The van der Waals surface area contributed by atoms with Crippen LogP contribution in [0.2, 0.25) is 0 Å². The summed E-state index contributed by atoms with van der Waals surface area (Å²) in [7, 11) is 4.66. The highest BCUT2D eigenvalue weighted by atomic mass is 79.9. The second kappa shape index (κ2) is 7.47. The molecule has 1 N–H and O–H groups in total. The molecule has 1 rings (SSSR count). The van der Waals surface area contributed by atoms with E-state index in [1.165, 1.54) is 12.0 Å². The fourth-order valence-corrected chi connectivity index (χ4v) is 2.24. The molecule has 1 amide bonds. The van der Waals surface area contributed by atoms with E-state index in [-0.39, 0.29) is 19.1 Å². The molecule has 6 heteroatoms. The number of aliphatic hydroxyl groups excluding tert-OH is 1. The summed E-state index contributed by atoms with van der Waals surface area (Å²) in [5, 5.41) is 9.56. The molecule has 0 aromatic heterocycles. The first-order valence-corrected chi connectivity index (χ1v) is 6.53. The van der Waals surface area contributed by atoms with E-state index in [1.807, 2.05) is 6.07 Å². The number of aliphatic hydroxyl groups is 1. The zero-order valence-corrected chi connectivity index (χ0v) is 12.8. The lowest BCUT2D eigenvalue weighted by molar-refractivity contribution is -0.136. The monoisotopic (exact) mass is 331 g/mol. The van der Waals surface area contributed by atoms with Gasteiger partial charge in [0.25, 0.3) is 0 Å². The molecule has 1 aromatic rings. The van der Waals surface area contributed by atoms with Crippen LogP contribution in [-0.2, 0) is 9.53 Å². The largest absolute Gasteiger partial charge is 0.497 e. The Hall–Kier alpha value is -1.11. The third-order valence-electron chi connectivity index (χ3n) is 2.86. The summed E-state index contributed by atoms with van der Waals surface area (Å²) in [4.78, 5) is 13.3. The van der Waals surface area contributed by atoms with E-state index in [2.05, 4.69) is 15.9 Å². The van der Waals surface area contributed by atoms with E-state index in [4.69, 9.17) is 9.47 Å². The van der Waals surface area contributed by atoms with Crippen molar-refractivity contribution in [3.8, 4) is 5.75 Å². The summed E-state index contributed by atoms with van der Waals surface area (Å²) in [6.45, 7) is -0.202. The average molecular weight is 332 g/mol. The SMILES string of the molecule is COCC(=O)N(C)[C@@H](CO)c1cc(OC)ccc1Br. The van der Waals surface area contributed by atoms with Crippen molar-refractivity contribution in [1.82, 2.24) is 4.90 Å². The number of methoxy groups -OCH3 is 2. The zero-order chi connectivity index (χ0) is 14.4. The van der Waals surface area contributed by atoms with Crippen LogP contribution in [0.25, 0.3) is 0 Å².